The van der Waals surface area contributed by atoms with Gasteiger partial charge in [-0.3, -0.25) is 0 Å². The van der Waals surface area contributed by atoms with E-state index >= 15 is 0 Å². The first-order valence-corrected chi connectivity index (χ1v) is 16.2. The second-order valence-corrected chi connectivity index (χ2v) is 12.5. The maximum atomic E-state index is 6.38. The highest BCUT2D eigenvalue weighted by Gasteiger charge is 2.20. The van der Waals surface area contributed by atoms with E-state index in [0.717, 1.165) is 21.9 Å². The Morgan fingerprint density at radius 2 is 0.830 bits per heavy atom. The van der Waals surface area contributed by atoms with Crippen molar-refractivity contribution >= 4 is 65.0 Å². The second-order valence-electron chi connectivity index (χ2n) is 12.5. The Hall–Kier alpha value is -6.18. The van der Waals surface area contributed by atoms with E-state index in [1.807, 2.05) is 0 Å². The molecule has 0 radical (unpaired) electrons. The lowest BCUT2D eigenvalue weighted by atomic mass is 9.83. The predicted octanol–water partition coefficient (Wildman–Crippen LogP) is 13.2. The van der Waals surface area contributed by atoms with Crippen LogP contribution in [0.2, 0.25) is 0 Å². The first-order valence-electron chi connectivity index (χ1n) is 16.2. The summed E-state index contributed by atoms with van der Waals surface area (Å²) in [5.41, 5.74) is 9.15. The Kier molecular flexibility index (Phi) is 5.64. The van der Waals surface area contributed by atoms with Crippen LogP contribution in [0, 0.1) is 0 Å². The molecule has 0 spiro atoms. The molecule has 10 rings (SSSR count). The predicted molar refractivity (Wildman–Crippen MR) is 200 cm³/mol. The van der Waals surface area contributed by atoms with Crippen LogP contribution in [0.25, 0.3) is 98.4 Å². The summed E-state index contributed by atoms with van der Waals surface area (Å²) in [6.45, 7) is 0. The summed E-state index contributed by atoms with van der Waals surface area (Å²) in [6, 6.07) is 61.6. The summed E-state index contributed by atoms with van der Waals surface area (Å²) < 4.78 is 6.38. The van der Waals surface area contributed by atoms with E-state index in [-0.39, 0.29) is 0 Å². The highest BCUT2D eigenvalue weighted by molar-refractivity contribution is 6.28. The lowest BCUT2D eigenvalue weighted by Gasteiger charge is -2.19. The highest BCUT2D eigenvalue weighted by Crippen LogP contribution is 2.47. The number of benzene rings is 9. The molecule has 0 atom stereocenters. The molecule has 0 fully saturated rings. The second kappa shape index (κ2) is 10.2. The van der Waals surface area contributed by atoms with E-state index in [1.165, 1.54) is 76.5 Å². The van der Waals surface area contributed by atoms with Crippen molar-refractivity contribution < 1.29 is 4.42 Å². The van der Waals surface area contributed by atoms with Crippen LogP contribution in [0.3, 0.4) is 0 Å². The quantitative estimate of drug-likeness (QED) is 0.146. The van der Waals surface area contributed by atoms with E-state index in [1.54, 1.807) is 0 Å². The minimum absolute atomic E-state index is 0.904. The van der Waals surface area contributed by atoms with Gasteiger partial charge in [0.25, 0.3) is 0 Å². The molecule has 218 valence electrons. The van der Waals surface area contributed by atoms with Crippen LogP contribution in [0.4, 0.5) is 0 Å². The molecule has 0 amide bonds. The molecule has 1 aromatic heterocycles. The third-order valence-corrected chi connectivity index (χ3v) is 9.82. The molecule has 1 heteroatoms. The summed E-state index contributed by atoms with van der Waals surface area (Å²) in [6.07, 6.45) is 0. The Labute approximate surface area is 271 Å². The first kappa shape index (κ1) is 26.1. The Morgan fingerprint density at radius 3 is 1.62 bits per heavy atom. The van der Waals surface area contributed by atoms with Crippen LogP contribution < -0.4 is 0 Å². The van der Waals surface area contributed by atoms with E-state index < -0.39 is 0 Å². The summed E-state index contributed by atoms with van der Waals surface area (Å²) in [4.78, 5) is 0. The van der Waals surface area contributed by atoms with Crippen molar-refractivity contribution in [3.8, 4) is 33.4 Å². The number of hydrogen-bond acceptors (Lipinski definition) is 1. The molecule has 10 aromatic rings. The Balaban J connectivity index is 1.31. The molecule has 1 heterocycles. The van der Waals surface area contributed by atoms with E-state index in [2.05, 4.69) is 170 Å². The van der Waals surface area contributed by atoms with Gasteiger partial charge in [0.2, 0.25) is 0 Å². The molecule has 0 saturated heterocycles. The van der Waals surface area contributed by atoms with Gasteiger partial charge in [0, 0.05) is 10.8 Å². The maximum absolute atomic E-state index is 6.38. The fourth-order valence-electron chi connectivity index (χ4n) is 7.65. The summed E-state index contributed by atoms with van der Waals surface area (Å²) in [7, 11) is 0. The highest BCUT2D eigenvalue weighted by atomic mass is 16.3. The SMILES string of the molecule is c1ccc(-c2ccc3oc4ccc(-c5c6ccccc6c(-c6ccc7ccccc7c6)c6c5ccc5ccccc56)cc4c3c2)cc1. The van der Waals surface area contributed by atoms with Crippen molar-refractivity contribution in [1.82, 2.24) is 0 Å². The van der Waals surface area contributed by atoms with E-state index in [4.69, 9.17) is 4.42 Å². The van der Waals surface area contributed by atoms with Crippen LogP contribution in [0.5, 0.6) is 0 Å². The zero-order valence-electron chi connectivity index (χ0n) is 25.6. The molecule has 0 aliphatic carbocycles. The molecule has 9 aromatic carbocycles. The van der Waals surface area contributed by atoms with Gasteiger partial charge in [-0.1, -0.05) is 140 Å². The summed E-state index contributed by atoms with van der Waals surface area (Å²) in [5, 5.41) is 12.3. The summed E-state index contributed by atoms with van der Waals surface area (Å²) >= 11 is 0. The molecule has 1 nitrogen and oxygen atoms in total. The lowest BCUT2D eigenvalue weighted by Crippen LogP contribution is -1.92. The number of hydrogen-bond donors (Lipinski definition) is 0. The minimum atomic E-state index is 0.904. The zero-order chi connectivity index (χ0) is 30.9. The lowest BCUT2D eigenvalue weighted by molar-refractivity contribution is 0.669. The van der Waals surface area contributed by atoms with Crippen molar-refractivity contribution in [3.63, 3.8) is 0 Å². The number of fused-ring (bicyclic) bond motifs is 8. The monoisotopic (exact) mass is 596 g/mol. The summed E-state index contributed by atoms with van der Waals surface area (Å²) in [5.74, 6) is 0. The fourth-order valence-corrected chi connectivity index (χ4v) is 7.65. The van der Waals surface area contributed by atoms with Crippen molar-refractivity contribution in [2.75, 3.05) is 0 Å². The molecular weight excluding hydrogens is 569 g/mol. The van der Waals surface area contributed by atoms with E-state index in [0.29, 0.717) is 0 Å². The average molecular weight is 597 g/mol. The van der Waals surface area contributed by atoms with Gasteiger partial charge < -0.3 is 4.42 Å². The molecule has 0 N–H and O–H groups in total. The van der Waals surface area contributed by atoms with Gasteiger partial charge in [0.15, 0.2) is 0 Å². The van der Waals surface area contributed by atoms with Gasteiger partial charge in [-0.15, -0.1) is 0 Å². The smallest absolute Gasteiger partial charge is 0.135 e. The van der Waals surface area contributed by atoms with Crippen LogP contribution >= 0.6 is 0 Å². The molecule has 0 saturated carbocycles. The van der Waals surface area contributed by atoms with Crippen LogP contribution in [0.1, 0.15) is 0 Å². The van der Waals surface area contributed by atoms with Crippen molar-refractivity contribution in [2.45, 2.75) is 0 Å². The fraction of sp³-hybridized carbons (Fsp3) is 0. The largest absolute Gasteiger partial charge is 0.456 e. The maximum Gasteiger partial charge on any atom is 0.135 e. The molecule has 0 aliphatic heterocycles. The van der Waals surface area contributed by atoms with Crippen molar-refractivity contribution in [1.29, 1.82) is 0 Å². The van der Waals surface area contributed by atoms with Gasteiger partial charge in [-0.2, -0.15) is 0 Å². The number of furan rings is 1. The van der Waals surface area contributed by atoms with E-state index in [9.17, 15) is 0 Å². The van der Waals surface area contributed by atoms with Gasteiger partial charge in [-0.05, 0) is 107 Å². The Bertz CT molecular complexity index is 2840. The van der Waals surface area contributed by atoms with Crippen LogP contribution in [0.15, 0.2) is 174 Å². The third-order valence-electron chi connectivity index (χ3n) is 9.82. The molecular formula is C46H28O. The van der Waals surface area contributed by atoms with Crippen LogP contribution in [-0.4, -0.2) is 0 Å². The van der Waals surface area contributed by atoms with Crippen LogP contribution in [-0.2, 0) is 0 Å². The zero-order valence-corrected chi connectivity index (χ0v) is 25.6. The average Bonchev–Trinajstić information content (AvgIpc) is 3.51. The van der Waals surface area contributed by atoms with Gasteiger partial charge in [0.1, 0.15) is 11.2 Å². The topological polar surface area (TPSA) is 13.1 Å². The van der Waals surface area contributed by atoms with Crippen molar-refractivity contribution in [3.05, 3.63) is 170 Å². The third kappa shape index (κ3) is 4.03. The van der Waals surface area contributed by atoms with Crippen molar-refractivity contribution in [2.24, 2.45) is 0 Å². The molecule has 0 bridgehead atoms. The Morgan fingerprint density at radius 1 is 0.277 bits per heavy atom. The molecule has 0 aliphatic rings. The van der Waals surface area contributed by atoms with Gasteiger partial charge in [-0.25, -0.2) is 0 Å². The van der Waals surface area contributed by atoms with Gasteiger partial charge in [0.05, 0.1) is 0 Å². The molecule has 0 unspecified atom stereocenters. The normalized spacial score (nSPS) is 11.8. The number of rotatable bonds is 3. The minimum Gasteiger partial charge on any atom is -0.456 e. The van der Waals surface area contributed by atoms with Gasteiger partial charge >= 0.3 is 0 Å². The standard InChI is InChI=1S/C46H28O/c1-2-10-29(11-3-1)33-21-24-42-40(27-33)41-28-35(22-25-43(41)47-42)44-37-16-8-9-17-38(37)45(34-19-18-30-12-4-5-14-32(30)26-34)46-36-15-7-6-13-31(36)20-23-39(44)46/h1-28H. The molecule has 47 heavy (non-hydrogen) atoms. The first-order chi connectivity index (χ1) is 23.3.